The number of pyridine rings is 1. The molecule has 1 N–H and O–H groups in total. The molecule has 1 fully saturated rings. The number of fused-ring (bicyclic) bond motifs is 1. The van der Waals surface area contributed by atoms with E-state index in [2.05, 4.69) is 15.3 Å². The van der Waals surface area contributed by atoms with Crippen LogP contribution < -0.4 is 10.9 Å². The smallest absolute Gasteiger partial charge is 0.310 e. The minimum absolute atomic E-state index is 0.0154. The first-order valence-corrected chi connectivity index (χ1v) is 13.1. The van der Waals surface area contributed by atoms with E-state index in [4.69, 9.17) is 0 Å². The zero-order valence-corrected chi connectivity index (χ0v) is 20.9. The predicted molar refractivity (Wildman–Crippen MR) is 129 cm³/mol. The molecule has 1 saturated heterocycles. The lowest BCUT2D eigenvalue weighted by Crippen LogP contribution is -2.41. The largest absolute Gasteiger partial charge is 0.363 e. The van der Waals surface area contributed by atoms with Gasteiger partial charge in [-0.15, -0.1) is 0 Å². The quantitative estimate of drug-likeness (QED) is 0.415. The van der Waals surface area contributed by atoms with Crippen LogP contribution in [0.1, 0.15) is 44.6 Å². The van der Waals surface area contributed by atoms with E-state index in [0.717, 1.165) is 6.07 Å². The SMILES string of the molecule is CC(=O)N1CCC(C)(n2cc3c(NC(C)c4cccc(S(F)(F)(F)(F)F)c4)nc(C)nc3cc2=O)C1. The maximum Gasteiger partial charge on any atom is 0.310 e. The summed E-state index contributed by atoms with van der Waals surface area (Å²) < 4.78 is 68.1. The summed E-state index contributed by atoms with van der Waals surface area (Å²) in [6.45, 7) is 7.26. The van der Waals surface area contributed by atoms with Crippen LogP contribution in [0, 0.1) is 6.92 Å². The summed E-state index contributed by atoms with van der Waals surface area (Å²) >= 11 is 0. The Hall–Kier alpha value is -3.22. The number of rotatable bonds is 5. The maximum atomic E-state index is 13.3. The van der Waals surface area contributed by atoms with Gasteiger partial charge in [0.15, 0.2) is 0 Å². The number of aromatic nitrogens is 3. The van der Waals surface area contributed by atoms with Crippen LogP contribution in [0.25, 0.3) is 10.9 Å². The average molecular weight is 532 g/mol. The van der Waals surface area contributed by atoms with Gasteiger partial charge >= 0.3 is 10.2 Å². The van der Waals surface area contributed by atoms with Gasteiger partial charge in [0.1, 0.15) is 16.5 Å². The fourth-order valence-electron chi connectivity index (χ4n) is 4.47. The highest BCUT2D eigenvalue weighted by Crippen LogP contribution is 3.02. The zero-order valence-electron chi connectivity index (χ0n) is 20.1. The van der Waals surface area contributed by atoms with E-state index in [9.17, 15) is 29.0 Å². The molecule has 13 heteroatoms. The molecule has 0 radical (unpaired) electrons. The van der Waals surface area contributed by atoms with Crippen molar-refractivity contribution in [3.8, 4) is 0 Å². The van der Waals surface area contributed by atoms with E-state index in [1.165, 1.54) is 30.5 Å². The van der Waals surface area contributed by atoms with Gasteiger partial charge in [0.05, 0.1) is 22.5 Å². The molecular formula is C23H26F5N5O2S. The fraction of sp³-hybridized carbons (Fsp3) is 0.391. The zero-order chi connectivity index (χ0) is 26.7. The van der Waals surface area contributed by atoms with Crippen LogP contribution in [-0.2, 0) is 10.3 Å². The minimum atomic E-state index is -9.84. The summed E-state index contributed by atoms with van der Waals surface area (Å²) in [6.07, 6.45) is 2.12. The Labute approximate surface area is 204 Å². The third-order valence-corrected chi connectivity index (χ3v) is 7.62. The van der Waals surface area contributed by atoms with Crippen LogP contribution in [0.4, 0.5) is 25.2 Å². The highest BCUT2D eigenvalue weighted by Gasteiger charge is 2.65. The lowest BCUT2D eigenvalue weighted by molar-refractivity contribution is -0.128. The van der Waals surface area contributed by atoms with Crippen LogP contribution in [0.2, 0.25) is 0 Å². The van der Waals surface area contributed by atoms with Crippen LogP contribution >= 0.6 is 10.2 Å². The molecule has 0 aliphatic carbocycles. The molecule has 1 aliphatic rings. The first kappa shape index (κ1) is 25.9. The van der Waals surface area contributed by atoms with Crippen molar-refractivity contribution in [2.24, 2.45) is 0 Å². The summed E-state index contributed by atoms with van der Waals surface area (Å²) in [6, 6.07) is 3.54. The molecule has 2 atom stereocenters. The van der Waals surface area contributed by atoms with Crippen LogP contribution in [0.15, 0.2) is 46.2 Å². The molecule has 4 rings (SSSR count). The maximum absolute atomic E-state index is 13.3. The van der Waals surface area contributed by atoms with Crippen LogP contribution in [0.3, 0.4) is 0 Å². The third-order valence-electron chi connectivity index (χ3n) is 6.48. The molecule has 1 aliphatic heterocycles. The fourth-order valence-corrected chi connectivity index (χ4v) is 5.17. The standard InChI is InChI=1S/C23H26F5N5O2S/c1-14(17-6-5-7-18(10-17)36(24,25,26,27)28)29-22-19-12-33(21(35)11-20(19)30-15(2)31-22)23(4)8-9-32(13-23)16(3)34/h5-7,10-12,14H,8-9,13H2,1-4H3,(H,29,30,31). The number of carbonyl (C=O) groups is 1. The van der Waals surface area contributed by atoms with Gasteiger partial charge in [-0.05, 0) is 44.9 Å². The number of nitrogens with zero attached hydrogens (tertiary/aromatic N) is 4. The molecular weight excluding hydrogens is 505 g/mol. The van der Waals surface area contributed by atoms with Crippen molar-refractivity contribution in [2.45, 2.75) is 50.6 Å². The van der Waals surface area contributed by atoms with Gasteiger partial charge in [-0.25, -0.2) is 9.97 Å². The first-order chi connectivity index (χ1) is 16.4. The summed E-state index contributed by atoms with van der Waals surface area (Å²) in [7, 11) is -9.84. The molecule has 1 amide bonds. The topological polar surface area (TPSA) is 80.1 Å². The Balaban J connectivity index is 1.76. The van der Waals surface area contributed by atoms with Gasteiger partial charge in [-0.3, -0.25) is 9.59 Å². The van der Waals surface area contributed by atoms with E-state index in [0.29, 0.717) is 48.4 Å². The van der Waals surface area contributed by atoms with Crippen molar-refractivity contribution in [1.29, 1.82) is 0 Å². The second-order valence-corrected chi connectivity index (χ2v) is 11.9. The van der Waals surface area contributed by atoms with E-state index >= 15 is 0 Å². The Morgan fingerprint density at radius 3 is 2.47 bits per heavy atom. The Morgan fingerprint density at radius 2 is 1.86 bits per heavy atom. The first-order valence-electron chi connectivity index (χ1n) is 11.1. The van der Waals surface area contributed by atoms with Crippen LogP contribution in [0.5, 0.6) is 0 Å². The molecule has 36 heavy (non-hydrogen) atoms. The lowest BCUT2D eigenvalue weighted by atomic mass is 10.0. The Kier molecular flexibility index (Phi) is 5.49. The molecule has 3 heterocycles. The van der Waals surface area contributed by atoms with E-state index in [-0.39, 0.29) is 22.8 Å². The minimum Gasteiger partial charge on any atom is -0.363 e. The summed E-state index contributed by atoms with van der Waals surface area (Å²) in [5, 5.41) is 3.42. The molecule has 7 nitrogen and oxygen atoms in total. The van der Waals surface area contributed by atoms with Gasteiger partial charge in [0.2, 0.25) is 5.91 Å². The number of likely N-dealkylation sites (tertiary alicyclic amines) is 1. The van der Waals surface area contributed by atoms with Gasteiger partial charge < -0.3 is 14.8 Å². The molecule has 2 unspecified atom stereocenters. The summed E-state index contributed by atoms with van der Waals surface area (Å²) in [5.74, 6) is 0.447. The Bertz CT molecular complexity index is 1440. The molecule has 0 bridgehead atoms. The van der Waals surface area contributed by atoms with Crippen molar-refractivity contribution in [3.63, 3.8) is 0 Å². The number of hydrogen-bond donors (Lipinski definition) is 1. The molecule has 1 aromatic carbocycles. The van der Waals surface area contributed by atoms with Crippen molar-refractivity contribution in [3.05, 3.63) is 58.3 Å². The van der Waals surface area contributed by atoms with Crippen molar-refractivity contribution < 1.29 is 24.2 Å². The van der Waals surface area contributed by atoms with Crippen LogP contribution in [-0.4, -0.2) is 38.4 Å². The van der Waals surface area contributed by atoms with E-state index < -0.39 is 26.7 Å². The van der Waals surface area contributed by atoms with Gasteiger partial charge in [-0.2, -0.15) is 0 Å². The van der Waals surface area contributed by atoms with Gasteiger partial charge in [-0.1, -0.05) is 31.6 Å². The number of nitrogens with one attached hydrogen (secondary N) is 1. The van der Waals surface area contributed by atoms with Crippen molar-refractivity contribution in [2.75, 3.05) is 18.4 Å². The number of benzene rings is 1. The number of halogens is 5. The normalized spacial score (nSPS) is 21.2. The third kappa shape index (κ3) is 5.01. The van der Waals surface area contributed by atoms with E-state index in [1.807, 2.05) is 6.92 Å². The number of anilines is 1. The predicted octanol–water partition coefficient (Wildman–Crippen LogP) is 5.90. The van der Waals surface area contributed by atoms with Gasteiger partial charge in [0, 0.05) is 32.3 Å². The van der Waals surface area contributed by atoms with E-state index in [1.54, 1.807) is 18.0 Å². The number of aryl methyl sites for hydroxylation is 1. The summed E-state index contributed by atoms with van der Waals surface area (Å²) in [4.78, 5) is 33.1. The molecule has 0 spiro atoms. The second kappa shape index (κ2) is 7.64. The Morgan fingerprint density at radius 1 is 1.17 bits per heavy atom. The number of amides is 1. The monoisotopic (exact) mass is 531 g/mol. The van der Waals surface area contributed by atoms with Crippen molar-refractivity contribution >= 4 is 32.9 Å². The summed E-state index contributed by atoms with van der Waals surface area (Å²) in [5.41, 5.74) is -0.695. The van der Waals surface area contributed by atoms with Gasteiger partial charge in [0.25, 0.3) is 5.56 Å². The average Bonchev–Trinajstić information content (AvgIpc) is 3.15. The second-order valence-electron chi connectivity index (χ2n) is 9.50. The molecule has 196 valence electrons. The molecule has 3 aromatic rings. The number of hydrogen-bond acceptors (Lipinski definition) is 5. The molecule has 0 saturated carbocycles. The molecule has 2 aromatic heterocycles. The van der Waals surface area contributed by atoms with Crippen molar-refractivity contribution in [1.82, 2.24) is 19.4 Å². The highest BCUT2D eigenvalue weighted by atomic mass is 32.5. The number of carbonyl (C=O) groups excluding carboxylic acids is 1. The lowest BCUT2D eigenvalue weighted by Gasteiger charge is -2.40. The highest BCUT2D eigenvalue weighted by molar-refractivity contribution is 8.45.